The number of halogens is 1. The van der Waals surface area contributed by atoms with Crippen molar-refractivity contribution in [2.24, 2.45) is 0 Å². The molecule has 1 aromatic carbocycles. The minimum Gasteiger partial charge on any atom is -0.478 e. The van der Waals surface area contributed by atoms with Gasteiger partial charge in [-0.25, -0.2) is 4.79 Å². The highest BCUT2D eigenvalue weighted by Gasteiger charge is 2.26. The number of carbonyl (C=O) groups excluding carboxylic acids is 1. The van der Waals surface area contributed by atoms with Crippen LogP contribution < -0.4 is 10.6 Å². The van der Waals surface area contributed by atoms with Crippen LogP contribution in [0.1, 0.15) is 24.2 Å². The molecule has 1 amide bonds. The number of aromatic carboxylic acids is 1. The van der Waals surface area contributed by atoms with E-state index in [2.05, 4.69) is 26.6 Å². The molecule has 18 heavy (non-hydrogen) atoms. The Balaban J connectivity index is 3.05. The third-order valence-corrected chi connectivity index (χ3v) is 3.15. The van der Waals surface area contributed by atoms with Crippen molar-refractivity contribution in [3.05, 3.63) is 28.2 Å². The average molecular weight is 315 g/mol. The van der Waals surface area contributed by atoms with E-state index < -0.39 is 11.5 Å². The summed E-state index contributed by atoms with van der Waals surface area (Å²) in [5.74, 6) is -1.39. The summed E-state index contributed by atoms with van der Waals surface area (Å²) in [5, 5.41) is 14.5. The third-order valence-electron chi connectivity index (χ3n) is 2.65. The van der Waals surface area contributed by atoms with Crippen LogP contribution >= 0.6 is 15.9 Å². The van der Waals surface area contributed by atoms with Crippen molar-refractivity contribution < 1.29 is 14.7 Å². The van der Waals surface area contributed by atoms with E-state index in [0.717, 1.165) is 0 Å². The van der Waals surface area contributed by atoms with E-state index in [0.29, 0.717) is 4.47 Å². The molecule has 0 aliphatic carbocycles. The van der Waals surface area contributed by atoms with Gasteiger partial charge in [-0.3, -0.25) is 4.79 Å². The topological polar surface area (TPSA) is 78.4 Å². The van der Waals surface area contributed by atoms with E-state index in [-0.39, 0.29) is 17.2 Å². The standard InChI is InChI=1S/C12H15BrN2O3/c1-12(2,14-3)11(18)15-9-5-4-7(13)6-8(9)10(16)17/h4-6,14H,1-3H3,(H,15,18)(H,16,17). The Labute approximate surface area is 114 Å². The van der Waals surface area contributed by atoms with Crippen LogP contribution in [0.2, 0.25) is 0 Å². The predicted molar refractivity (Wildman–Crippen MR) is 72.9 cm³/mol. The molecule has 5 nitrogen and oxygen atoms in total. The van der Waals surface area contributed by atoms with Crippen molar-refractivity contribution in [3.8, 4) is 0 Å². The van der Waals surface area contributed by atoms with E-state index in [1.165, 1.54) is 6.07 Å². The van der Waals surface area contributed by atoms with Gasteiger partial charge in [0.05, 0.1) is 16.8 Å². The van der Waals surface area contributed by atoms with Crippen LogP contribution in [0.15, 0.2) is 22.7 Å². The van der Waals surface area contributed by atoms with Crippen molar-refractivity contribution in [2.45, 2.75) is 19.4 Å². The molecular weight excluding hydrogens is 300 g/mol. The minimum atomic E-state index is -1.09. The molecule has 0 unspecified atom stereocenters. The van der Waals surface area contributed by atoms with Gasteiger partial charge in [-0.15, -0.1) is 0 Å². The molecule has 0 atom stereocenters. The number of benzene rings is 1. The number of likely N-dealkylation sites (N-methyl/N-ethyl adjacent to an activating group) is 1. The van der Waals surface area contributed by atoms with E-state index in [4.69, 9.17) is 5.11 Å². The smallest absolute Gasteiger partial charge is 0.337 e. The number of anilines is 1. The Morgan fingerprint density at radius 1 is 1.33 bits per heavy atom. The summed E-state index contributed by atoms with van der Waals surface area (Å²) in [5.41, 5.74) is -0.452. The van der Waals surface area contributed by atoms with Crippen molar-refractivity contribution in [3.63, 3.8) is 0 Å². The van der Waals surface area contributed by atoms with Crippen LogP contribution in [-0.4, -0.2) is 29.6 Å². The zero-order valence-corrected chi connectivity index (χ0v) is 12.0. The third kappa shape index (κ3) is 3.30. The van der Waals surface area contributed by atoms with E-state index in [1.807, 2.05) is 0 Å². The number of amides is 1. The first-order valence-corrected chi connectivity index (χ1v) is 6.10. The maximum atomic E-state index is 11.9. The van der Waals surface area contributed by atoms with Crippen LogP contribution in [0.4, 0.5) is 5.69 Å². The van der Waals surface area contributed by atoms with Crippen molar-refractivity contribution >= 4 is 33.5 Å². The molecule has 0 bridgehead atoms. The zero-order chi connectivity index (χ0) is 13.9. The minimum absolute atomic E-state index is 0.0460. The lowest BCUT2D eigenvalue weighted by atomic mass is 10.0. The summed E-state index contributed by atoms with van der Waals surface area (Å²) in [6.45, 7) is 3.42. The van der Waals surface area contributed by atoms with Crippen LogP contribution in [0.5, 0.6) is 0 Å². The van der Waals surface area contributed by atoms with Gasteiger partial charge in [-0.2, -0.15) is 0 Å². The monoisotopic (exact) mass is 314 g/mol. The molecule has 1 aromatic rings. The molecule has 0 aliphatic heterocycles. The Kier molecular flexibility index (Phi) is 4.48. The first-order valence-electron chi connectivity index (χ1n) is 5.31. The fraction of sp³-hybridized carbons (Fsp3) is 0.333. The highest BCUT2D eigenvalue weighted by Crippen LogP contribution is 2.22. The number of carboxylic acids is 1. The SMILES string of the molecule is CNC(C)(C)C(=O)Nc1ccc(Br)cc1C(=O)O. The molecule has 98 valence electrons. The maximum absolute atomic E-state index is 11.9. The van der Waals surface area contributed by atoms with Crippen LogP contribution in [0, 0.1) is 0 Å². The lowest BCUT2D eigenvalue weighted by molar-refractivity contribution is -0.121. The second-order valence-electron chi connectivity index (χ2n) is 4.32. The fourth-order valence-corrected chi connectivity index (χ4v) is 1.56. The van der Waals surface area contributed by atoms with Gasteiger partial charge in [0.2, 0.25) is 5.91 Å². The second kappa shape index (κ2) is 5.49. The van der Waals surface area contributed by atoms with Crippen LogP contribution in [-0.2, 0) is 4.79 Å². The van der Waals surface area contributed by atoms with Gasteiger partial charge in [0.1, 0.15) is 0 Å². The number of carboxylic acid groups (broad SMARTS) is 1. The van der Waals surface area contributed by atoms with Crippen LogP contribution in [0.3, 0.4) is 0 Å². The molecule has 1 rings (SSSR count). The highest BCUT2D eigenvalue weighted by molar-refractivity contribution is 9.10. The first-order chi connectivity index (χ1) is 8.27. The summed E-state index contributed by atoms with van der Waals surface area (Å²) in [4.78, 5) is 23.0. The van der Waals surface area contributed by atoms with Crippen molar-refractivity contribution in [1.82, 2.24) is 5.32 Å². The molecule has 0 aliphatic rings. The van der Waals surface area contributed by atoms with Gasteiger partial charge in [0.15, 0.2) is 0 Å². The highest BCUT2D eigenvalue weighted by atomic mass is 79.9. The van der Waals surface area contributed by atoms with Gasteiger partial charge < -0.3 is 15.7 Å². The second-order valence-corrected chi connectivity index (χ2v) is 5.24. The number of nitrogens with one attached hydrogen (secondary N) is 2. The van der Waals surface area contributed by atoms with E-state index in [9.17, 15) is 9.59 Å². The number of carbonyl (C=O) groups is 2. The maximum Gasteiger partial charge on any atom is 0.337 e. The largest absolute Gasteiger partial charge is 0.478 e. The molecule has 0 saturated carbocycles. The fourth-order valence-electron chi connectivity index (χ4n) is 1.19. The zero-order valence-electron chi connectivity index (χ0n) is 10.4. The Morgan fingerprint density at radius 2 is 1.94 bits per heavy atom. The van der Waals surface area contributed by atoms with Gasteiger partial charge in [-0.05, 0) is 39.1 Å². The van der Waals surface area contributed by atoms with Crippen LogP contribution in [0.25, 0.3) is 0 Å². The summed E-state index contributed by atoms with van der Waals surface area (Å²) in [7, 11) is 1.67. The number of hydrogen-bond donors (Lipinski definition) is 3. The average Bonchev–Trinajstić information content (AvgIpc) is 2.31. The Bertz CT molecular complexity index is 486. The summed E-state index contributed by atoms with van der Waals surface area (Å²) < 4.78 is 0.644. The number of rotatable bonds is 4. The Morgan fingerprint density at radius 3 is 2.44 bits per heavy atom. The molecule has 0 spiro atoms. The van der Waals surface area contributed by atoms with E-state index in [1.54, 1.807) is 33.0 Å². The summed E-state index contributed by atoms with van der Waals surface area (Å²) in [6, 6.07) is 4.68. The molecule has 3 N–H and O–H groups in total. The van der Waals surface area contributed by atoms with Crippen molar-refractivity contribution in [1.29, 1.82) is 0 Å². The molecule has 0 fully saturated rings. The van der Waals surface area contributed by atoms with Gasteiger partial charge in [0.25, 0.3) is 0 Å². The molecule has 0 saturated heterocycles. The quantitative estimate of drug-likeness (QED) is 0.795. The molecule has 0 heterocycles. The van der Waals surface area contributed by atoms with E-state index >= 15 is 0 Å². The van der Waals surface area contributed by atoms with Crippen molar-refractivity contribution in [2.75, 3.05) is 12.4 Å². The summed E-state index contributed by atoms with van der Waals surface area (Å²) >= 11 is 3.20. The summed E-state index contributed by atoms with van der Waals surface area (Å²) in [6.07, 6.45) is 0. The van der Waals surface area contributed by atoms with Gasteiger partial charge >= 0.3 is 5.97 Å². The lowest BCUT2D eigenvalue weighted by Gasteiger charge is -2.23. The predicted octanol–water partition coefficient (Wildman–Crippen LogP) is 2.08. The normalized spacial score (nSPS) is 11.1. The van der Waals surface area contributed by atoms with Gasteiger partial charge in [-0.1, -0.05) is 15.9 Å². The Hall–Kier alpha value is -1.40. The number of hydrogen-bond acceptors (Lipinski definition) is 3. The molecule has 6 heteroatoms. The first kappa shape index (κ1) is 14.7. The lowest BCUT2D eigenvalue weighted by Crippen LogP contribution is -2.48. The molecule has 0 radical (unpaired) electrons. The molecular formula is C12H15BrN2O3. The molecule has 0 aromatic heterocycles. The van der Waals surface area contributed by atoms with Gasteiger partial charge in [0, 0.05) is 4.47 Å².